The third-order valence-corrected chi connectivity index (χ3v) is 7.28. The summed E-state index contributed by atoms with van der Waals surface area (Å²) >= 11 is 0. The van der Waals surface area contributed by atoms with Crippen LogP contribution in [0.5, 0.6) is 34.5 Å². The van der Waals surface area contributed by atoms with Gasteiger partial charge in [0.15, 0.2) is 16.4 Å². The van der Waals surface area contributed by atoms with E-state index in [0.717, 1.165) is 6.07 Å². The summed E-state index contributed by atoms with van der Waals surface area (Å²) in [6.07, 6.45) is 0. The predicted octanol–water partition coefficient (Wildman–Crippen LogP) is 6.05. The van der Waals surface area contributed by atoms with Crippen molar-refractivity contribution in [3.05, 3.63) is 92.7 Å². The Kier molecular flexibility index (Phi) is 6.46. The molecule has 10 nitrogen and oxygen atoms in total. The van der Waals surface area contributed by atoms with Gasteiger partial charge in [-0.3, -0.25) is 9.59 Å². The van der Waals surface area contributed by atoms with Crippen molar-refractivity contribution in [2.75, 3.05) is 14.2 Å². The van der Waals surface area contributed by atoms with E-state index in [0.29, 0.717) is 22.4 Å². The van der Waals surface area contributed by atoms with Crippen LogP contribution in [0.1, 0.15) is 5.56 Å². The Labute approximate surface area is 242 Å². The van der Waals surface area contributed by atoms with Crippen LogP contribution in [0.15, 0.2) is 85.2 Å². The van der Waals surface area contributed by atoms with E-state index in [2.05, 4.69) is 0 Å². The zero-order chi connectivity index (χ0) is 30.6. The zero-order valence-electron chi connectivity index (χ0n) is 23.1. The van der Waals surface area contributed by atoms with Gasteiger partial charge < -0.3 is 38.7 Å². The molecular weight excluding hydrogens is 556 g/mol. The molecule has 0 fully saturated rings. The van der Waals surface area contributed by atoms with Crippen LogP contribution >= 0.6 is 0 Å². The number of methoxy groups -OCH3 is 2. The van der Waals surface area contributed by atoms with Crippen LogP contribution in [0.4, 0.5) is 0 Å². The van der Waals surface area contributed by atoms with E-state index in [4.69, 9.17) is 18.3 Å². The summed E-state index contributed by atoms with van der Waals surface area (Å²) in [5.41, 5.74) is 0.496. The van der Waals surface area contributed by atoms with Gasteiger partial charge in [0.2, 0.25) is 0 Å². The Morgan fingerprint density at radius 2 is 1.28 bits per heavy atom. The number of aromatic hydroxyl groups is 4. The Balaban J connectivity index is 1.62. The lowest BCUT2D eigenvalue weighted by molar-refractivity contribution is 0.403. The number of phenolic OH excluding ortho intramolecular Hbond substituents is 4. The summed E-state index contributed by atoms with van der Waals surface area (Å²) in [6.45, 7) is 1.62. The summed E-state index contributed by atoms with van der Waals surface area (Å²) < 4.78 is 23.0. The Bertz CT molecular complexity index is 2190. The van der Waals surface area contributed by atoms with Gasteiger partial charge in [0.1, 0.15) is 62.4 Å². The molecule has 10 heteroatoms. The Morgan fingerprint density at radius 3 is 1.95 bits per heavy atom. The second-order valence-electron chi connectivity index (χ2n) is 9.83. The predicted molar refractivity (Wildman–Crippen MR) is 159 cm³/mol. The lowest BCUT2D eigenvalue weighted by atomic mass is 9.96. The molecule has 2 aromatic heterocycles. The molecule has 0 aliphatic heterocycles. The van der Waals surface area contributed by atoms with Gasteiger partial charge in [-0.2, -0.15) is 0 Å². The molecule has 0 aliphatic rings. The van der Waals surface area contributed by atoms with Crippen LogP contribution in [0.25, 0.3) is 55.7 Å². The maximum absolute atomic E-state index is 13.2. The number of phenols is 4. The summed E-state index contributed by atoms with van der Waals surface area (Å²) in [5.74, 6) is -0.233. The molecule has 4 aromatic carbocycles. The molecule has 216 valence electrons. The summed E-state index contributed by atoms with van der Waals surface area (Å²) in [7, 11) is 2.86. The highest BCUT2D eigenvalue weighted by molar-refractivity contribution is 6.01. The second-order valence-corrected chi connectivity index (χ2v) is 9.83. The molecule has 6 aromatic rings. The van der Waals surface area contributed by atoms with E-state index in [1.54, 1.807) is 37.3 Å². The highest BCUT2D eigenvalue weighted by Gasteiger charge is 2.23. The van der Waals surface area contributed by atoms with Crippen LogP contribution in [0, 0.1) is 6.92 Å². The van der Waals surface area contributed by atoms with Crippen LogP contribution in [-0.2, 0) is 0 Å². The highest BCUT2D eigenvalue weighted by atomic mass is 16.5. The standard InChI is InChI=1S/C33H24O10/c1-15-25(41-3)14-28-31(32(15)39)23(38)13-27(42-28)17-6-9-24(40-2)19(10-17)29-20(35)11-21(36)30-22(37)12-26(43-33(29)30)16-4-7-18(34)8-5-16/h4-14,34-36,39H,1-3H3. The minimum absolute atomic E-state index is 0.00138. The van der Waals surface area contributed by atoms with Crippen molar-refractivity contribution in [3.8, 4) is 68.3 Å². The molecule has 0 unspecified atom stereocenters. The minimum Gasteiger partial charge on any atom is -0.508 e. The van der Waals surface area contributed by atoms with E-state index in [1.165, 1.54) is 44.6 Å². The monoisotopic (exact) mass is 580 g/mol. The van der Waals surface area contributed by atoms with E-state index in [1.807, 2.05) is 0 Å². The smallest absolute Gasteiger partial charge is 0.197 e. The second kappa shape index (κ2) is 10.2. The fourth-order valence-corrected chi connectivity index (χ4v) is 5.12. The summed E-state index contributed by atoms with van der Waals surface area (Å²) in [6, 6.07) is 15.8. The van der Waals surface area contributed by atoms with Crippen molar-refractivity contribution in [3.63, 3.8) is 0 Å². The normalized spacial score (nSPS) is 11.2. The Morgan fingerprint density at radius 1 is 0.651 bits per heavy atom. The fraction of sp³-hybridized carbons (Fsp3) is 0.0909. The summed E-state index contributed by atoms with van der Waals surface area (Å²) in [5, 5.41) is 41.8. The number of ether oxygens (including phenoxy) is 2. The van der Waals surface area contributed by atoms with Crippen LogP contribution in [0.3, 0.4) is 0 Å². The first-order chi connectivity index (χ1) is 20.6. The van der Waals surface area contributed by atoms with E-state index < -0.39 is 22.4 Å². The molecule has 43 heavy (non-hydrogen) atoms. The molecule has 2 heterocycles. The lowest BCUT2D eigenvalue weighted by Crippen LogP contribution is -2.03. The van der Waals surface area contributed by atoms with Gasteiger partial charge in [-0.1, -0.05) is 0 Å². The number of benzene rings is 4. The molecule has 0 aliphatic carbocycles. The third-order valence-electron chi connectivity index (χ3n) is 7.28. The van der Waals surface area contributed by atoms with Gasteiger partial charge in [0.25, 0.3) is 0 Å². The molecule has 6 rings (SSSR count). The molecule has 0 radical (unpaired) electrons. The van der Waals surface area contributed by atoms with Crippen molar-refractivity contribution in [1.29, 1.82) is 0 Å². The third kappa shape index (κ3) is 4.45. The van der Waals surface area contributed by atoms with Crippen molar-refractivity contribution < 1.29 is 38.7 Å². The number of hydrogen-bond acceptors (Lipinski definition) is 10. The summed E-state index contributed by atoms with van der Waals surface area (Å²) in [4.78, 5) is 26.3. The molecule has 0 spiro atoms. The van der Waals surface area contributed by atoms with Gasteiger partial charge >= 0.3 is 0 Å². The van der Waals surface area contributed by atoms with Crippen LogP contribution < -0.4 is 20.3 Å². The molecular formula is C33H24O10. The SMILES string of the molecule is COc1ccc(-c2cc(=O)c3c(O)c(C)c(OC)cc3o2)cc1-c1c(O)cc(O)c2c(=O)cc(-c3ccc(O)cc3)oc12. The Hall–Kier alpha value is -5.90. The van der Waals surface area contributed by atoms with Crippen molar-refractivity contribution >= 4 is 21.9 Å². The quantitative estimate of drug-likeness (QED) is 0.189. The number of fused-ring (bicyclic) bond motifs is 2. The van der Waals surface area contributed by atoms with Gasteiger partial charge in [-0.25, -0.2) is 0 Å². The topological polar surface area (TPSA) is 160 Å². The minimum atomic E-state index is -0.567. The van der Waals surface area contributed by atoms with Crippen LogP contribution in [0.2, 0.25) is 0 Å². The maximum Gasteiger partial charge on any atom is 0.197 e. The van der Waals surface area contributed by atoms with E-state index in [9.17, 15) is 30.0 Å². The molecule has 0 saturated carbocycles. The molecule has 0 atom stereocenters. The van der Waals surface area contributed by atoms with Crippen molar-refractivity contribution in [2.24, 2.45) is 0 Å². The molecule has 4 N–H and O–H groups in total. The fourth-order valence-electron chi connectivity index (χ4n) is 5.12. The molecule has 0 bridgehead atoms. The average Bonchev–Trinajstić information content (AvgIpc) is 2.98. The van der Waals surface area contributed by atoms with Gasteiger partial charge in [-0.15, -0.1) is 0 Å². The highest BCUT2D eigenvalue weighted by Crippen LogP contribution is 2.46. The first-order valence-electron chi connectivity index (χ1n) is 13.0. The lowest BCUT2D eigenvalue weighted by Gasteiger charge is -2.15. The average molecular weight is 581 g/mol. The van der Waals surface area contributed by atoms with Gasteiger partial charge in [0, 0.05) is 46.5 Å². The van der Waals surface area contributed by atoms with Crippen molar-refractivity contribution in [2.45, 2.75) is 6.92 Å². The molecule has 0 saturated heterocycles. The van der Waals surface area contributed by atoms with Gasteiger partial charge in [0.05, 0.1) is 19.8 Å². The largest absolute Gasteiger partial charge is 0.508 e. The van der Waals surface area contributed by atoms with Crippen molar-refractivity contribution in [1.82, 2.24) is 0 Å². The first kappa shape index (κ1) is 27.3. The zero-order valence-corrected chi connectivity index (χ0v) is 23.1. The maximum atomic E-state index is 13.2. The first-order valence-corrected chi connectivity index (χ1v) is 13.0. The number of rotatable bonds is 5. The molecule has 0 amide bonds. The van der Waals surface area contributed by atoms with Gasteiger partial charge in [-0.05, 0) is 49.4 Å². The van der Waals surface area contributed by atoms with E-state index >= 15 is 0 Å². The van der Waals surface area contributed by atoms with E-state index in [-0.39, 0.29) is 61.8 Å². The number of hydrogen-bond donors (Lipinski definition) is 4. The van der Waals surface area contributed by atoms with Crippen LogP contribution in [-0.4, -0.2) is 34.6 Å².